The molecule has 0 aliphatic rings. The Morgan fingerprint density at radius 2 is 1.72 bits per heavy atom. The van der Waals surface area contributed by atoms with Gasteiger partial charge in [-0.05, 0) is 24.3 Å². The summed E-state index contributed by atoms with van der Waals surface area (Å²) in [6.07, 6.45) is 4.89. The van der Waals surface area contributed by atoms with Crippen molar-refractivity contribution in [3.8, 4) is 22.4 Å². The summed E-state index contributed by atoms with van der Waals surface area (Å²) in [5, 5.41) is 0. The number of hydrogen-bond acceptors (Lipinski definition) is 2. The molecule has 0 unspecified atom stereocenters. The number of imidazole rings is 1. The lowest BCUT2D eigenvalue weighted by molar-refractivity contribution is 0.616. The highest BCUT2D eigenvalue weighted by molar-refractivity contribution is 5.73. The highest BCUT2D eigenvalue weighted by atomic mass is 19.1. The van der Waals surface area contributed by atoms with E-state index in [0.717, 1.165) is 0 Å². The van der Waals surface area contributed by atoms with Gasteiger partial charge in [0.25, 0.3) is 5.56 Å². The van der Waals surface area contributed by atoms with E-state index >= 15 is 0 Å². The van der Waals surface area contributed by atoms with E-state index in [0.29, 0.717) is 11.3 Å². The molecule has 2 aromatic heterocycles. The van der Waals surface area contributed by atoms with Crippen molar-refractivity contribution >= 4 is 5.65 Å². The molecule has 0 saturated heterocycles. The summed E-state index contributed by atoms with van der Waals surface area (Å²) < 4.78 is 31.4. The van der Waals surface area contributed by atoms with Crippen LogP contribution in [-0.2, 0) is 7.05 Å². The van der Waals surface area contributed by atoms with Crippen LogP contribution in [0.5, 0.6) is 0 Å². The second-order valence-electron chi connectivity index (χ2n) is 5.73. The first-order chi connectivity index (χ1) is 12.1. The number of halogens is 2. The van der Waals surface area contributed by atoms with Gasteiger partial charge in [-0.2, -0.15) is 0 Å². The van der Waals surface area contributed by atoms with Crippen molar-refractivity contribution in [1.82, 2.24) is 14.0 Å². The summed E-state index contributed by atoms with van der Waals surface area (Å²) in [5.41, 5.74) is 1.66. The van der Waals surface area contributed by atoms with E-state index in [1.54, 1.807) is 54.3 Å². The molecule has 2 heterocycles. The molecule has 0 atom stereocenters. The first kappa shape index (κ1) is 15.3. The van der Waals surface area contributed by atoms with E-state index in [4.69, 9.17) is 0 Å². The fourth-order valence-corrected chi connectivity index (χ4v) is 2.85. The average Bonchev–Trinajstić information content (AvgIpc) is 3.04. The lowest BCUT2D eigenvalue weighted by Gasteiger charge is -2.08. The molecule has 25 heavy (non-hydrogen) atoms. The third-order valence-corrected chi connectivity index (χ3v) is 4.17. The van der Waals surface area contributed by atoms with Gasteiger partial charge in [0, 0.05) is 36.1 Å². The first-order valence-electron chi connectivity index (χ1n) is 7.64. The maximum atomic E-state index is 14.3. The van der Waals surface area contributed by atoms with Gasteiger partial charge in [-0.1, -0.05) is 18.2 Å². The van der Waals surface area contributed by atoms with Crippen LogP contribution in [0.4, 0.5) is 8.78 Å². The van der Waals surface area contributed by atoms with Crippen molar-refractivity contribution in [1.29, 1.82) is 0 Å². The number of aryl methyl sites for hydroxylation is 1. The molecule has 4 aromatic rings. The Morgan fingerprint density at radius 1 is 0.960 bits per heavy atom. The fourth-order valence-electron chi connectivity index (χ4n) is 2.85. The summed E-state index contributed by atoms with van der Waals surface area (Å²) in [6, 6.07) is 10.5. The first-order valence-corrected chi connectivity index (χ1v) is 7.64. The molecule has 0 spiro atoms. The van der Waals surface area contributed by atoms with Gasteiger partial charge in [0.05, 0.1) is 11.9 Å². The zero-order valence-electron chi connectivity index (χ0n) is 13.3. The van der Waals surface area contributed by atoms with E-state index in [9.17, 15) is 13.6 Å². The molecule has 0 N–H and O–H groups in total. The molecular weight excluding hydrogens is 324 g/mol. The Hall–Kier alpha value is -3.28. The number of rotatable bonds is 2. The summed E-state index contributed by atoms with van der Waals surface area (Å²) in [7, 11) is 1.64. The molecule has 4 rings (SSSR count). The molecule has 2 aromatic carbocycles. The third-order valence-electron chi connectivity index (χ3n) is 4.17. The van der Waals surface area contributed by atoms with Crippen molar-refractivity contribution in [2.45, 2.75) is 0 Å². The zero-order valence-corrected chi connectivity index (χ0v) is 13.3. The van der Waals surface area contributed by atoms with E-state index < -0.39 is 11.6 Å². The van der Waals surface area contributed by atoms with E-state index in [2.05, 4.69) is 4.98 Å². The molecular formula is C19H13F2N3O. The van der Waals surface area contributed by atoms with Gasteiger partial charge in [-0.25, -0.2) is 13.8 Å². The predicted molar refractivity (Wildman–Crippen MR) is 91.2 cm³/mol. The zero-order chi connectivity index (χ0) is 17.6. The normalized spacial score (nSPS) is 11.2. The van der Waals surface area contributed by atoms with Crippen LogP contribution in [0.1, 0.15) is 0 Å². The van der Waals surface area contributed by atoms with Crippen LogP contribution in [0.2, 0.25) is 0 Å². The van der Waals surface area contributed by atoms with Crippen molar-refractivity contribution in [2.24, 2.45) is 7.05 Å². The quantitative estimate of drug-likeness (QED) is 0.560. The number of benzene rings is 2. The van der Waals surface area contributed by atoms with Gasteiger partial charge in [0.2, 0.25) is 5.65 Å². The predicted octanol–water partition coefficient (Wildman–Crippen LogP) is 3.65. The van der Waals surface area contributed by atoms with Crippen LogP contribution < -0.4 is 5.56 Å². The van der Waals surface area contributed by atoms with E-state index in [1.807, 2.05) is 0 Å². The minimum atomic E-state index is -0.515. The Bertz CT molecular complexity index is 1160. The summed E-state index contributed by atoms with van der Waals surface area (Å²) in [4.78, 5) is 16.3. The SMILES string of the molecule is Cn1ccn2c(-c3ccc(F)c(-c4ccccc4F)c3)cnc2c1=O. The monoisotopic (exact) mass is 337 g/mol. The van der Waals surface area contributed by atoms with Crippen LogP contribution in [0.15, 0.2) is 65.8 Å². The Labute approximate surface area is 141 Å². The molecule has 0 bridgehead atoms. The molecule has 0 fully saturated rings. The van der Waals surface area contributed by atoms with Crippen molar-refractivity contribution in [3.63, 3.8) is 0 Å². The van der Waals surface area contributed by atoms with E-state index in [-0.39, 0.29) is 22.3 Å². The Balaban J connectivity index is 1.94. The summed E-state index contributed by atoms with van der Waals surface area (Å²) in [6.45, 7) is 0. The number of fused-ring (bicyclic) bond motifs is 1. The summed E-state index contributed by atoms with van der Waals surface area (Å²) >= 11 is 0. The highest BCUT2D eigenvalue weighted by Crippen LogP contribution is 2.30. The van der Waals surface area contributed by atoms with Gasteiger partial charge in [0.1, 0.15) is 11.6 Å². The highest BCUT2D eigenvalue weighted by Gasteiger charge is 2.14. The standard InChI is InChI=1S/C19H13F2N3O/c1-23-8-9-24-17(11-22-18(24)19(23)25)12-6-7-16(21)14(10-12)13-4-2-3-5-15(13)20/h2-11H,1H3. The third kappa shape index (κ3) is 2.42. The lowest BCUT2D eigenvalue weighted by Crippen LogP contribution is -2.18. The van der Waals surface area contributed by atoms with Crippen LogP contribution in [0, 0.1) is 11.6 Å². The van der Waals surface area contributed by atoms with E-state index in [1.165, 1.54) is 22.8 Å². The molecule has 4 nitrogen and oxygen atoms in total. The number of hydrogen-bond donors (Lipinski definition) is 0. The van der Waals surface area contributed by atoms with Gasteiger partial charge in [0.15, 0.2) is 0 Å². The molecule has 0 aliphatic heterocycles. The van der Waals surface area contributed by atoms with Crippen molar-refractivity contribution in [3.05, 3.63) is 83.0 Å². The van der Waals surface area contributed by atoms with Gasteiger partial charge < -0.3 is 4.57 Å². The van der Waals surface area contributed by atoms with Crippen LogP contribution in [0.3, 0.4) is 0 Å². The van der Waals surface area contributed by atoms with Gasteiger partial charge in [-0.3, -0.25) is 9.20 Å². The molecule has 124 valence electrons. The largest absolute Gasteiger partial charge is 0.314 e. The average molecular weight is 337 g/mol. The molecule has 0 radical (unpaired) electrons. The van der Waals surface area contributed by atoms with Crippen molar-refractivity contribution in [2.75, 3.05) is 0 Å². The maximum absolute atomic E-state index is 14.3. The van der Waals surface area contributed by atoms with Crippen LogP contribution >= 0.6 is 0 Å². The minimum absolute atomic E-state index is 0.161. The van der Waals surface area contributed by atoms with Gasteiger partial charge >= 0.3 is 0 Å². The van der Waals surface area contributed by atoms with Gasteiger partial charge in [-0.15, -0.1) is 0 Å². The van der Waals surface area contributed by atoms with Crippen LogP contribution in [0.25, 0.3) is 28.0 Å². The summed E-state index contributed by atoms with van der Waals surface area (Å²) in [5.74, 6) is -1.01. The Morgan fingerprint density at radius 3 is 2.52 bits per heavy atom. The number of nitrogens with zero attached hydrogens (tertiary/aromatic N) is 3. The maximum Gasteiger partial charge on any atom is 0.293 e. The molecule has 0 saturated carbocycles. The fraction of sp³-hybridized carbons (Fsp3) is 0.0526. The lowest BCUT2D eigenvalue weighted by atomic mass is 10.0. The molecule has 0 amide bonds. The second-order valence-corrected chi connectivity index (χ2v) is 5.73. The molecule has 0 aliphatic carbocycles. The topological polar surface area (TPSA) is 39.3 Å². The second kappa shape index (κ2) is 5.66. The van der Waals surface area contributed by atoms with Crippen molar-refractivity contribution < 1.29 is 8.78 Å². The molecule has 6 heteroatoms. The smallest absolute Gasteiger partial charge is 0.293 e. The Kier molecular flexibility index (Phi) is 3.46. The number of aromatic nitrogens is 3. The minimum Gasteiger partial charge on any atom is -0.314 e. The van der Waals surface area contributed by atoms with Crippen LogP contribution in [-0.4, -0.2) is 14.0 Å².